The van der Waals surface area contributed by atoms with E-state index in [1.165, 1.54) is 94.0 Å². The molecule has 12 heterocycles. The monoisotopic (exact) mass is 1370 g/mol. The van der Waals surface area contributed by atoms with E-state index < -0.39 is 29.5 Å². The van der Waals surface area contributed by atoms with Gasteiger partial charge in [0.2, 0.25) is 0 Å². The second-order valence-electron chi connectivity index (χ2n) is 27.3. The summed E-state index contributed by atoms with van der Waals surface area (Å²) in [5, 5.41) is 0. The molecule has 9 aromatic heterocycles. The summed E-state index contributed by atoms with van der Waals surface area (Å²) in [5.74, 6) is 5.10. The highest BCUT2D eigenvalue weighted by Gasteiger charge is 2.44. The minimum atomic E-state index is -3.24. The Kier molecular flexibility index (Phi) is 16.0. The van der Waals surface area contributed by atoms with E-state index in [1.807, 2.05) is 149 Å². The average molecular weight is 1370 g/mol. The fraction of sp³-hybridized carbons (Fsp3) is 0.269. The Morgan fingerprint density at radius 1 is 0.313 bits per heavy atom. The normalized spacial score (nSPS) is 19.1. The highest BCUT2D eigenvalue weighted by atomic mass is 32.2. The van der Waals surface area contributed by atoms with Crippen molar-refractivity contribution in [2.75, 3.05) is 18.8 Å². The number of hydrogen-bond acceptors (Lipinski definition) is 15. The fourth-order valence-electron chi connectivity index (χ4n) is 15.8. The molecule has 0 radical (unpaired) electrons. The Morgan fingerprint density at radius 3 is 0.838 bits per heavy atom. The Balaban J connectivity index is 0.000000116. The third-order valence-corrected chi connectivity index (χ3v) is 23.8. The molecular formula is C78H72N12O6S3. The largest absolute Gasteiger partial charge is 0.324 e. The Morgan fingerprint density at radius 2 is 0.586 bits per heavy atom. The van der Waals surface area contributed by atoms with Crippen molar-refractivity contribution in [3.05, 3.63) is 217 Å². The van der Waals surface area contributed by atoms with Gasteiger partial charge in [0, 0.05) is 124 Å². The van der Waals surface area contributed by atoms with Crippen molar-refractivity contribution in [1.82, 2.24) is 58.6 Å². The van der Waals surface area contributed by atoms with Crippen molar-refractivity contribution in [1.29, 1.82) is 0 Å². The van der Waals surface area contributed by atoms with Crippen LogP contribution in [0.15, 0.2) is 197 Å². The first-order valence-corrected chi connectivity index (χ1v) is 39.3. The number of aryl methyl sites for hydroxylation is 3. The van der Waals surface area contributed by atoms with Crippen molar-refractivity contribution in [2.24, 2.45) is 0 Å². The standard InChI is InChI=1S/3C26H24N4O2S/c3*1-16-4-3-5-22(28-16)24-25(30-20-9-6-19(14-20)26(30)29-24)18-12-13-27-23(15-18)17-7-10-21(11-8-17)33(2,31)32/h3*3-5,7-8,10-13,15,19-20H,6,9,14H2,1-2H3/t2*19-,20+;/m10./s1. The summed E-state index contributed by atoms with van der Waals surface area (Å²) >= 11 is 0. The summed E-state index contributed by atoms with van der Waals surface area (Å²) in [5.41, 5.74) is 19.9. The van der Waals surface area contributed by atoms with Crippen LogP contribution in [-0.4, -0.2) is 103 Å². The molecule has 0 saturated heterocycles. The maximum absolute atomic E-state index is 11.8. The number of fused-ring (bicyclic) bond motifs is 15. The van der Waals surface area contributed by atoms with Crippen LogP contribution in [0, 0.1) is 20.8 Å². The Bertz CT molecular complexity index is 5010. The van der Waals surface area contributed by atoms with Crippen LogP contribution in [0.25, 0.3) is 102 Å². The summed E-state index contributed by atoms with van der Waals surface area (Å²) < 4.78 is 78.2. The number of sulfone groups is 3. The van der Waals surface area contributed by atoms with Crippen LogP contribution in [0.1, 0.15) is 128 Å². The van der Waals surface area contributed by atoms with E-state index in [2.05, 4.69) is 46.9 Å². The van der Waals surface area contributed by atoms with Gasteiger partial charge in [-0.1, -0.05) is 54.6 Å². The molecule has 0 amide bonds. The maximum atomic E-state index is 11.8. The average Bonchev–Trinajstić information content (AvgIpc) is 1.59. The molecule has 18 nitrogen and oxygen atoms in total. The van der Waals surface area contributed by atoms with Crippen LogP contribution in [0.4, 0.5) is 0 Å². The highest BCUT2D eigenvalue weighted by molar-refractivity contribution is 7.91. The van der Waals surface area contributed by atoms with Gasteiger partial charge >= 0.3 is 0 Å². The third kappa shape index (κ3) is 12.0. The van der Waals surface area contributed by atoms with Gasteiger partial charge in [-0.2, -0.15) is 0 Å². The lowest BCUT2D eigenvalue weighted by Gasteiger charge is -2.17. The topological polar surface area (TPSA) is 233 Å². The van der Waals surface area contributed by atoms with Gasteiger partial charge in [0.25, 0.3) is 0 Å². The first-order chi connectivity index (χ1) is 47.6. The van der Waals surface area contributed by atoms with Crippen molar-refractivity contribution in [3.8, 4) is 102 Å². The number of hydrogen-bond donors (Lipinski definition) is 0. The molecule has 6 atom stereocenters. The van der Waals surface area contributed by atoms with E-state index in [1.54, 1.807) is 36.4 Å². The van der Waals surface area contributed by atoms with Gasteiger partial charge in [-0.25, -0.2) is 40.2 Å². The number of nitrogens with zero attached hydrogens (tertiary/aromatic N) is 12. The molecule has 18 rings (SSSR count). The summed E-state index contributed by atoms with van der Waals surface area (Å²) in [6, 6.07) is 52.6. The van der Waals surface area contributed by atoms with E-state index in [-0.39, 0.29) is 0 Å². The van der Waals surface area contributed by atoms with E-state index in [4.69, 9.17) is 29.9 Å². The fourth-order valence-corrected chi connectivity index (χ4v) is 17.7. The number of pyridine rings is 6. The van der Waals surface area contributed by atoms with Crippen LogP contribution < -0.4 is 0 Å². The van der Waals surface area contributed by atoms with E-state index in [0.717, 1.165) is 119 Å². The van der Waals surface area contributed by atoms with Crippen molar-refractivity contribution >= 4 is 29.5 Å². The molecular weight excluding hydrogens is 1300 g/mol. The summed E-state index contributed by atoms with van der Waals surface area (Å²) in [7, 11) is -9.71. The molecule has 3 aliphatic heterocycles. The van der Waals surface area contributed by atoms with E-state index in [9.17, 15) is 25.3 Å². The zero-order valence-electron chi connectivity index (χ0n) is 55.7. The lowest BCUT2D eigenvalue weighted by atomic mass is 10.0. The molecule has 3 aliphatic carbocycles. The number of rotatable bonds is 12. The van der Waals surface area contributed by atoms with Gasteiger partial charge in [-0.15, -0.1) is 0 Å². The molecule has 12 aromatic rings. The highest BCUT2D eigenvalue weighted by Crippen LogP contribution is 2.55. The minimum Gasteiger partial charge on any atom is -0.324 e. The van der Waals surface area contributed by atoms with Crippen molar-refractivity contribution in [3.63, 3.8) is 0 Å². The Labute approximate surface area is 576 Å². The smallest absolute Gasteiger partial charge is 0.175 e. The molecule has 2 unspecified atom stereocenters. The van der Waals surface area contributed by atoms with E-state index in [0.29, 0.717) is 50.6 Å². The van der Waals surface area contributed by atoms with Crippen LogP contribution in [0.3, 0.4) is 0 Å². The summed E-state index contributed by atoms with van der Waals surface area (Å²) in [6.07, 6.45) is 19.8. The molecule has 21 heteroatoms. The quantitative estimate of drug-likeness (QED) is 0.111. The number of aromatic nitrogens is 12. The molecule has 498 valence electrons. The summed E-state index contributed by atoms with van der Waals surface area (Å²) in [4.78, 5) is 44.3. The third-order valence-electron chi connectivity index (χ3n) is 20.4. The van der Waals surface area contributed by atoms with Crippen LogP contribution in [0.5, 0.6) is 0 Å². The lowest BCUT2D eigenvalue weighted by molar-refractivity contribution is 0.530. The van der Waals surface area contributed by atoms with Crippen molar-refractivity contribution < 1.29 is 25.3 Å². The van der Waals surface area contributed by atoms with Crippen LogP contribution in [0.2, 0.25) is 0 Å². The molecule has 99 heavy (non-hydrogen) atoms. The van der Waals surface area contributed by atoms with Gasteiger partial charge in [0.1, 0.15) is 34.6 Å². The molecule has 6 bridgehead atoms. The van der Waals surface area contributed by atoms with Gasteiger partial charge in [-0.05, 0) is 188 Å². The second-order valence-corrected chi connectivity index (χ2v) is 33.3. The molecule has 3 saturated carbocycles. The first kappa shape index (κ1) is 63.8. The first-order valence-electron chi connectivity index (χ1n) is 33.6. The zero-order chi connectivity index (χ0) is 68.2. The van der Waals surface area contributed by atoms with Crippen LogP contribution >= 0.6 is 0 Å². The molecule has 0 N–H and O–H groups in total. The van der Waals surface area contributed by atoms with E-state index >= 15 is 0 Å². The van der Waals surface area contributed by atoms with Gasteiger partial charge < -0.3 is 13.7 Å². The zero-order valence-corrected chi connectivity index (χ0v) is 58.1. The molecule has 0 spiro atoms. The predicted octanol–water partition coefficient (Wildman–Crippen LogP) is 15.6. The van der Waals surface area contributed by atoms with Gasteiger partial charge in [0.15, 0.2) is 29.5 Å². The van der Waals surface area contributed by atoms with Gasteiger partial charge in [0.05, 0.1) is 65.9 Å². The lowest BCUT2D eigenvalue weighted by Crippen LogP contribution is -2.08. The second kappa shape index (κ2) is 24.8. The number of benzene rings is 3. The minimum absolute atomic E-state index is 0.305. The van der Waals surface area contributed by atoms with Crippen LogP contribution in [-0.2, 0) is 29.5 Å². The Hall–Kier alpha value is -9.96. The van der Waals surface area contributed by atoms with Crippen molar-refractivity contribution in [2.45, 2.75) is 129 Å². The molecule has 3 aromatic carbocycles. The summed E-state index contributed by atoms with van der Waals surface area (Å²) in [6.45, 7) is 6.00. The number of imidazole rings is 3. The SMILES string of the molecule is Cc1cccc(-c2nc3n(c2-c2ccnc(-c4ccc(S(C)(=O)=O)cc4)c2)C2CCC3C2)n1.Cc1cccc(-c2nc3n(c2-c2ccnc(-c4ccc(S(C)(=O)=O)cc4)c2)[C@@H]2CC[C@H]3C2)n1.Cc1cccc(-c2nc3n(c2-c2ccnc(-c4ccc(S(C)(=O)=O)cc4)c2)[C@H]2CC[C@@H]3C2)n1. The van der Waals surface area contributed by atoms with Gasteiger partial charge in [-0.3, -0.25) is 29.9 Å². The molecule has 6 aliphatic rings. The predicted molar refractivity (Wildman–Crippen MR) is 383 cm³/mol. The maximum Gasteiger partial charge on any atom is 0.175 e. The molecule has 3 fully saturated rings.